The number of hydrogen-bond donors (Lipinski definition) is 0. The maximum Gasteiger partial charge on any atom is 0.257 e. The van der Waals surface area contributed by atoms with Gasteiger partial charge in [0.25, 0.3) is 5.56 Å². The predicted octanol–water partition coefficient (Wildman–Crippen LogP) is 6.99. The molecule has 0 bridgehead atoms. The van der Waals surface area contributed by atoms with Gasteiger partial charge in [-0.2, -0.15) is 5.26 Å². The Morgan fingerprint density at radius 1 is 1.06 bits per heavy atom. The standard InChI is InChI=1S/C31H37N3O/c1-3-4-14-30-29(31(35)34(23(2)33-30)20-19-24-10-6-5-7-11-24)21-25-15-17-26(18-16-25)28-13-9-8-12-27(28)22-32/h8-9,12-13,15-18,24H,3-7,10-11,14,19-21H2,1-2H3. The average molecular weight is 468 g/mol. The van der Waals surface area contributed by atoms with Gasteiger partial charge < -0.3 is 0 Å². The highest BCUT2D eigenvalue weighted by atomic mass is 16.1. The Kier molecular flexibility index (Phi) is 8.53. The van der Waals surface area contributed by atoms with E-state index in [0.29, 0.717) is 12.0 Å². The Hall–Kier alpha value is -3.19. The first-order valence-electron chi connectivity index (χ1n) is 13.3. The molecule has 0 amide bonds. The lowest BCUT2D eigenvalue weighted by molar-refractivity contribution is 0.320. The highest BCUT2D eigenvalue weighted by Crippen LogP contribution is 2.27. The van der Waals surface area contributed by atoms with E-state index in [1.54, 1.807) is 0 Å². The average Bonchev–Trinajstić information content (AvgIpc) is 2.90. The van der Waals surface area contributed by atoms with E-state index in [9.17, 15) is 10.1 Å². The second-order valence-corrected chi connectivity index (χ2v) is 9.97. The van der Waals surface area contributed by atoms with E-state index in [-0.39, 0.29) is 5.56 Å². The van der Waals surface area contributed by atoms with Crippen molar-refractivity contribution in [2.24, 2.45) is 5.92 Å². The topological polar surface area (TPSA) is 58.7 Å². The molecule has 1 fully saturated rings. The van der Waals surface area contributed by atoms with Gasteiger partial charge in [0.1, 0.15) is 5.82 Å². The zero-order valence-electron chi connectivity index (χ0n) is 21.2. The Morgan fingerprint density at radius 2 is 1.80 bits per heavy atom. The summed E-state index contributed by atoms with van der Waals surface area (Å²) in [6.07, 6.45) is 11.2. The predicted molar refractivity (Wildman–Crippen MR) is 142 cm³/mol. The van der Waals surface area contributed by atoms with E-state index < -0.39 is 0 Å². The number of aryl methyl sites for hydroxylation is 2. The monoisotopic (exact) mass is 467 g/mol. The van der Waals surface area contributed by atoms with Crippen LogP contribution in [0.3, 0.4) is 0 Å². The highest BCUT2D eigenvalue weighted by Gasteiger charge is 2.18. The van der Waals surface area contributed by atoms with Crippen LogP contribution >= 0.6 is 0 Å². The first-order chi connectivity index (χ1) is 17.1. The van der Waals surface area contributed by atoms with Crippen molar-refractivity contribution >= 4 is 0 Å². The molecule has 35 heavy (non-hydrogen) atoms. The summed E-state index contributed by atoms with van der Waals surface area (Å²) in [6.45, 7) is 4.94. The fourth-order valence-electron chi connectivity index (χ4n) is 5.37. The van der Waals surface area contributed by atoms with Gasteiger partial charge in [0.2, 0.25) is 0 Å². The Bertz CT molecular complexity index is 1230. The minimum Gasteiger partial charge on any atom is -0.297 e. The summed E-state index contributed by atoms with van der Waals surface area (Å²) in [7, 11) is 0. The van der Waals surface area contributed by atoms with E-state index in [1.807, 2.05) is 35.8 Å². The maximum atomic E-state index is 13.7. The summed E-state index contributed by atoms with van der Waals surface area (Å²) >= 11 is 0. The van der Waals surface area contributed by atoms with Crippen molar-refractivity contribution in [3.63, 3.8) is 0 Å². The van der Waals surface area contributed by atoms with Gasteiger partial charge in [-0.3, -0.25) is 9.36 Å². The third-order valence-corrected chi connectivity index (χ3v) is 7.49. The van der Waals surface area contributed by atoms with Crippen molar-refractivity contribution in [3.8, 4) is 17.2 Å². The molecule has 0 saturated heterocycles. The van der Waals surface area contributed by atoms with Crippen molar-refractivity contribution in [1.29, 1.82) is 5.26 Å². The van der Waals surface area contributed by atoms with E-state index in [4.69, 9.17) is 4.98 Å². The number of aromatic nitrogens is 2. The van der Waals surface area contributed by atoms with Crippen molar-refractivity contribution in [2.75, 3.05) is 0 Å². The van der Waals surface area contributed by atoms with Gasteiger partial charge in [-0.25, -0.2) is 4.98 Å². The molecule has 3 aromatic rings. The Labute approximate surface area is 209 Å². The van der Waals surface area contributed by atoms with Crippen LogP contribution in [0.5, 0.6) is 0 Å². The molecule has 0 radical (unpaired) electrons. The summed E-state index contributed by atoms with van der Waals surface area (Å²) in [5.41, 5.74) is 5.67. The molecule has 4 nitrogen and oxygen atoms in total. The third kappa shape index (κ3) is 6.09. The molecular formula is C31H37N3O. The second kappa shape index (κ2) is 12.0. The number of benzene rings is 2. The normalized spacial score (nSPS) is 14.1. The Balaban J connectivity index is 1.60. The van der Waals surface area contributed by atoms with E-state index in [1.165, 1.54) is 32.1 Å². The van der Waals surface area contributed by atoms with Crippen LogP contribution in [0, 0.1) is 24.2 Å². The van der Waals surface area contributed by atoms with Crippen LogP contribution in [0.15, 0.2) is 53.3 Å². The Morgan fingerprint density at radius 3 is 2.51 bits per heavy atom. The van der Waals surface area contributed by atoms with Crippen LogP contribution in [0.4, 0.5) is 0 Å². The summed E-state index contributed by atoms with van der Waals surface area (Å²) in [4.78, 5) is 18.7. The molecule has 0 atom stereocenters. The lowest BCUT2D eigenvalue weighted by atomic mass is 9.87. The van der Waals surface area contributed by atoms with Gasteiger partial charge in [-0.05, 0) is 54.9 Å². The minimum absolute atomic E-state index is 0.137. The molecule has 1 heterocycles. The van der Waals surface area contributed by atoms with Crippen LogP contribution in [0.25, 0.3) is 11.1 Å². The molecule has 1 aromatic heterocycles. The van der Waals surface area contributed by atoms with E-state index >= 15 is 0 Å². The quantitative estimate of drug-likeness (QED) is 0.341. The molecule has 1 aliphatic rings. The second-order valence-electron chi connectivity index (χ2n) is 9.97. The summed E-state index contributed by atoms with van der Waals surface area (Å²) in [5.74, 6) is 1.59. The lowest BCUT2D eigenvalue weighted by Crippen LogP contribution is -2.30. The molecule has 1 aliphatic carbocycles. The number of unbranched alkanes of at least 4 members (excludes halogenated alkanes) is 1. The van der Waals surface area contributed by atoms with Crippen molar-refractivity contribution in [2.45, 2.75) is 84.6 Å². The largest absolute Gasteiger partial charge is 0.297 e. The minimum atomic E-state index is 0.137. The molecule has 1 saturated carbocycles. The van der Waals surface area contributed by atoms with Crippen molar-refractivity contribution < 1.29 is 0 Å². The van der Waals surface area contributed by atoms with Gasteiger partial charge in [0, 0.05) is 18.5 Å². The summed E-state index contributed by atoms with van der Waals surface area (Å²) in [6, 6.07) is 18.2. The van der Waals surface area contributed by atoms with Gasteiger partial charge in [0.05, 0.1) is 17.3 Å². The molecule has 0 spiro atoms. The van der Waals surface area contributed by atoms with Gasteiger partial charge in [-0.15, -0.1) is 0 Å². The molecule has 2 aromatic carbocycles. The molecule has 4 rings (SSSR count). The van der Waals surface area contributed by atoms with Gasteiger partial charge >= 0.3 is 0 Å². The lowest BCUT2D eigenvalue weighted by Gasteiger charge is -2.22. The van der Waals surface area contributed by atoms with Crippen LogP contribution in [-0.4, -0.2) is 9.55 Å². The first kappa shape index (κ1) is 24.9. The number of rotatable bonds is 9. The molecule has 182 valence electrons. The highest BCUT2D eigenvalue weighted by molar-refractivity contribution is 5.70. The summed E-state index contributed by atoms with van der Waals surface area (Å²) < 4.78 is 1.93. The third-order valence-electron chi connectivity index (χ3n) is 7.49. The van der Waals surface area contributed by atoms with Crippen molar-refractivity contribution in [1.82, 2.24) is 9.55 Å². The van der Waals surface area contributed by atoms with Crippen LogP contribution in [0.1, 0.15) is 86.5 Å². The van der Waals surface area contributed by atoms with Crippen molar-refractivity contribution in [3.05, 3.63) is 87.1 Å². The molecule has 0 aliphatic heterocycles. The maximum absolute atomic E-state index is 13.7. The van der Waals surface area contributed by atoms with E-state index in [2.05, 4.69) is 37.3 Å². The molecule has 0 N–H and O–H groups in total. The van der Waals surface area contributed by atoms with Crippen LogP contribution in [0.2, 0.25) is 0 Å². The molecular weight excluding hydrogens is 430 g/mol. The molecule has 4 heteroatoms. The fourth-order valence-corrected chi connectivity index (χ4v) is 5.37. The number of nitrogens with zero attached hydrogens (tertiary/aromatic N) is 3. The van der Waals surface area contributed by atoms with Gasteiger partial charge in [0.15, 0.2) is 0 Å². The van der Waals surface area contributed by atoms with E-state index in [0.717, 1.165) is 71.9 Å². The SMILES string of the molecule is CCCCc1nc(C)n(CCC2CCCCC2)c(=O)c1Cc1ccc(-c2ccccc2C#N)cc1. The number of nitriles is 1. The summed E-state index contributed by atoms with van der Waals surface area (Å²) in [5, 5.41) is 9.44. The first-order valence-corrected chi connectivity index (χ1v) is 13.3. The van der Waals surface area contributed by atoms with Crippen LogP contribution in [-0.2, 0) is 19.4 Å². The smallest absolute Gasteiger partial charge is 0.257 e. The van der Waals surface area contributed by atoms with Crippen LogP contribution < -0.4 is 5.56 Å². The number of hydrogen-bond acceptors (Lipinski definition) is 3. The fraction of sp³-hybridized carbons (Fsp3) is 0.452. The van der Waals surface area contributed by atoms with Gasteiger partial charge in [-0.1, -0.05) is 87.9 Å². The zero-order chi connectivity index (χ0) is 24.6. The molecule has 0 unspecified atom stereocenters. The zero-order valence-corrected chi connectivity index (χ0v) is 21.2.